The summed E-state index contributed by atoms with van der Waals surface area (Å²) in [6.07, 6.45) is 13.7. The molecule has 0 aromatic rings. The summed E-state index contributed by atoms with van der Waals surface area (Å²) in [4.78, 5) is 4.66. The zero-order chi connectivity index (χ0) is 19.2. The second-order valence-corrected chi connectivity index (χ2v) is 10.5. The van der Waals surface area contributed by atoms with E-state index >= 15 is 0 Å². The largest absolute Gasteiger partial charge is 0.401 e. The van der Waals surface area contributed by atoms with Crippen molar-refractivity contribution in [2.75, 3.05) is 26.2 Å². The Morgan fingerprint density at radius 1 is 1.12 bits per heavy atom. The minimum atomic E-state index is -1.88. The van der Waals surface area contributed by atoms with E-state index in [1.54, 1.807) is 6.20 Å². The predicted molar refractivity (Wildman–Crippen MR) is 116 cm³/mol. The molecule has 0 bridgehead atoms. The lowest BCUT2D eigenvalue weighted by atomic mass is 9.88. The van der Waals surface area contributed by atoms with E-state index in [2.05, 4.69) is 41.4 Å². The topological polar surface area (TPSA) is 53.6 Å². The highest BCUT2D eigenvalue weighted by molar-refractivity contribution is 7.65. The molecule has 2 N–H and O–H groups in total. The SMILES string of the molecule is C=P(OC(/C(C)=N/C=C(\C)N)C(CCCC)CCCC)(N1CC1)N1CC1. The molecule has 2 aliphatic rings. The molecular formula is C20H39N4OP. The number of aliphatic imine (C=N–C) groups is 1. The van der Waals surface area contributed by atoms with Crippen LogP contribution in [0.25, 0.3) is 0 Å². The Bertz CT molecular complexity index is 524. The van der Waals surface area contributed by atoms with Gasteiger partial charge in [0.25, 0.3) is 0 Å². The van der Waals surface area contributed by atoms with Crippen LogP contribution < -0.4 is 5.73 Å². The number of rotatable bonds is 13. The summed E-state index contributed by atoms with van der Waals surface area (Å²) in [6.45, 7) is 13.0. The van der Waals surface area contributed by atoms with E-state index in [4.69, 9.17) is 10.3 Å². The smallest absolute Gasteiger partial charge is 0.131 e. The van der Waals surface area contributed by atoms with Gasteiger partial charge in [0, 0.05) is 43.8 Å². The zero-order valence-electron chi connectivity index (χ0n) is 17.3. The first-order valence-electron chi connectivity index (χ1n) is 10.3. The monoisotopic (exact) mass is 382 g/mol. The summed E-state index contributed by atoms with van der Waals surface area (Å²) >= 11 is 0. The molecule has 1 unspecified atom stereocenters. The molecule has 0 saturated carbocycles. The summed E-state index contributed by atoms with van der Waals surface area (Å²) < 4.78 is 11.8. The second-order valence-electron chi connectivity index (χ2n) is 7.79. The van der Waals surface area contributed by atoms with Crippen LogP contribution in [0.1, 0.15) is 66.2 Å². The highest BCUT2D eigenvalue weighted by atomic mass is 31.2. The van der Waals surface area contributed by atoms with Gasteiger partial charge in [0.15, 0.2) is 0 Å². The third-order valence-electron chi connectivity index (χ3n) is 5.18. The molecule has 0 aromatic heterocycles. The minimum absolute atomic E-state index is 0.0377. The molecule has 2 heterocycles. The maximum Gasteiger partial charge on any atom is 0.131 e. The fourth-order valence-corrected chi connectivity index (χ4v) is 6.11. The van der Waals surface area contributed by atoms with Gasteiger partial charge < -0.3 is 10.3 Å². The fraction of sp³-hybridized carbons (Fsp3) is 0.800. The molecule has 5 nitrogen and oxygen atoms in total. The summed E-state index contributed by atoms with van der Waals surface area (Å²) in [5.74, 6) is 0.506. The first-order valence-corrected chi connectivity index (χ1v) is 12.1. The first kappa shape index (κ1) is 21.7. The standard InChI is InChI=1S/C20H39N4OP/c1-6-8-10-19(11-9-7-2)20(18(4)22-16-17(3)21)25-26(5,23-12-13-23)24-14-15-24/h16,19-20H,5-15,21H2,1-4H3/b17-16+,22-18+. The summed E-state index contributed by atoms with van der Waals surface area (Å²) in [5.41, 5.74) is 7.59. The quantitative estimate of drug-likeness (QED) is 0.290. The van der Waals surface area contributed by atoms with Crippen molar-refractivity contribution < 1.29 is 4.52 Å². The Balaban J connectivity index is 2.24. The van der Waals surface area contributed by atoms with Crippen molar-refractivity contribution in [3.8, 4) is 0 Å². The number of allylic oxidation sites excluding steroid dienone is 1. The molecular weight excluding hydrogens is 343 g/mol. The molecule has 6 heteroatoms. The van der Waals surface area contributed by atoms with E-state index in [0.29, 0.717) is 5.92 Å². The van der Waals surface area contributed by atoms with Gasteiger partial charge in [0.2, 0.25) is 0 Å². The lowest BCUT2D eigenvalue weighted by molar-refractivity contribution is 0.177. The summed E-state index contributed by atoms with van der Waals surface area (Å²) in [7, 11) is -1.88. The van der Waals surface area contributed by atoms with Gasteiger partial charge in [-0.15, -0.1) is 0 Å². The van der Waals surface area contributed by atoms with Crippen LogP contribution in [0.5, 0.6) is 0 Å². The van der Waals surface area contributed by atoms with Gasteiger partial charge in [-0.05, 0) is 38.9 Å². The molecule has 0 aromatic carbocycles. The van der Waals surface area contributed by atoms with Crippen LogP contribution in [0.2, 0.25) is 0 Å². The zero-order valence-corrected chi connectivity index (χ0v) is 18.2. The van der Waals surface area contributed by atoms with Crippen LogP contribution in [-0.4, -0.2) is 53.6 Å². The number of nitrogens with zero attached hydrogens (tertiary/aromatic N) is 3. The van der Waals surface area contributed by atoms with E-state index in [9.17, 15) is 0 Å². The maximum atomic E-state index is 6.89. The van der Waals surface area contributed by atoms with Crippen molar-refractivity contribution in [2.45, 2.75) is 72.3 Å². The van der Waals surface area contributed by atoms with E-state index < -0.39 is 7.41 Å². The van der Waals surface area contributed by atoms with Crippen molar-refractivity contribution in [3.05, 3.63) is 11.9 Å². The van der Waals surface area contributed by atoms with Gasteiger partial charge >= 0.3 is 0 Å². The average Bonchev–Trinajstić information content (AvgIpc) is 3.49. The van der Waals surface area contributed by atoms with E-state index in [-0.39, 0.29) is 6.10 Å². The lowest BCUT2D eigenvalue weighted by Crippen LogP contribution is -2.32. The third kappa shape index (κ3) is 6.23. The average molecular weight is 383 g/mol. The molecule has 2 aliphatic heterocycles. The molecule has 0 spiro atoms. The van der Waals surface area contributed by atoms with Gasteiger partial charge in [-0.3, -0.25) is 4.99 Å². The molecule has 2 saturated heterocycles. The van der Waals surface area contributed by atoms with Crippen molar-refractivity contribution in [1.82, 2.24) is 9.34 Å². The van der Waals surface area contributed by atoms with Crippen LogP contribution in [0.15, 0.2) is 16.9 Å². The molecule has 0 amide bonds. The van der Waals surface area contributed by atoms with E-state index in [1.165, 1.54) is 38.5 Å². The van der Waals surface area contributed by atoms with Crippen LogP contribution in [-0.2, 0) is 4.52 Å². The fourth-order valence-electron chi connectivity index (χ4n) is 3.37. The van der Waals surface area contributed by atoms with Crippen molar-refractivity contribution in [2.24, 2.45) is 16.6 Å². The Labute approximate surface area is 160 Å². The predicted octanol–water partition coefficient (Wildman–Crippen LogP) is 4.47. The van der Waals surface area contributed by atoms with Gasteiger partial charge in [-0.1, -0.05) is 39.5 Å². The van der Waals surface area contributed by atoms with Crippen LogP contribution in [0.4, 0.5) is 0 Å². The first-order chi connectivity index (χ1) is 12.4. The number of nitrogens with two attached hydrogens (primary N) is 1. The van der Waals surface area contributed by atoms with E-state index in [0.717, 1.165) is 37.6 Å². The van der Waals surface area contributed by atoms with Crippen molar-refractivity contribution in [1.29, 1.82) is 0 Å². The Morgan fingerprint density at radius 2 is 1.62 bits per heavy atom. The molecule has 2 fully saturated rings. The normalized spacial score (nSPS) is 20.7. The van der Waals surface area contributed by atoms with Gasteiger partial charge in [-0.2, -0.15) is 0 Å². The summed E-state index contributed by atoms with van der Waals surface area (Å²) in [5, 5.41) is 0. The molecule has 26 heavy (non-hydrogen) atoms. The molecule has 0 aliphatic carbocycles. The Morgan fingerprint density at radius 3 is 2.00 bits per heavy atom. The maximum absolute atomic E-state index is 6.89. The van der Waals surface area contributed by atoms with Crippen molar-refractivity contribution in [3.63, 3.8) is 0 Å². The number of hydrogen-bond acceptors (Lipinski definition) is 5. The molecule has 150 valence electrons. The van der Waals surface area contributed by atoms with Crippen molar-refractivity contribution >= 4 is 19.4 Å². The summed E-state index contributed by atoms with van der Waals surface area (Å²) in [6, 6.07) is 0. The lowest BCUT2D eigenvalue weighted by Gasteiger charge is -2.35. The highest BCUT2D eigenvalue weighted by Crippen LogP contribution is 2.62. The Hall–Kier alpha value is -0.610. The molecule has 1 atom stereocenters. The van der Waals surface area contributed by atoms with E-state index in [1.807, 2.05) is 6.92 Å². The third-order valence-corrected chi connectivity index (χ3v) is 8.31. The molecule has 2 rings (SSSR count). The Kier molecular flexibility index (Phi) is 8.41. The van der Waals surface area contributed by atoms with Gasteiger partial charge in [0.1, 0.15) is 13.5 Å². The number of hydrogen-bond donors (Lipinski definition) is 1. The van der Waals surface area contributed by atoms with Crippen LogP contribution >= 0.6 is 7.41 Å². The van der Waals surface area contributed by atoms with Crippen LogP contribution in [0.3, 0.4) is 0 Å². The molecule has 0 radical (unpaired) electrons. The number of unbranched alkanes of at least 4 members (excludes halogenated alkanes) is 2. The highest BCUT2D eigenvalue weighted by Gasteiger charge is 2.45. The second kappa shape index (κ2) is 10.1. The van der Waals surface area contributed by atoms with Crippen LogP contribution in [0, 0.1) is 5.92 Å². The minimum Gasteiger partial charge on any atom is -0.401 e. The van der Waals surface area contributed by atoms with Gasteiger partial charge in [-0.25, -0.2) is 9.34 Å². The van der Waals surface area contributed by atoms with Gasteiger partial charge in [0.05, 0.1) is 0 Å².